The van der Waals surface area contributed by atoms with E-state index in [-0.39, 0.29) is 6.03 Å². The van der Waals surface area contributed by atoms with Crippen LogP contribution < -0.4 is 0 Å². The minimum Gasteiger partial charge on any atom is -0.319 e. The zero-order valence-electron chi connectivity index (χ0n) is 12.6. The lowest BCUT2D eigenvalue weighted by Gasteiger charge is -2.20. The first-order valence-electron chi connectivity index (χ1n) is 7.47. The number of rotatable bonds is 4. The molecule has 1 aliphatic rings. The Labute approximate surface area is 136 Å². The highest BCUT2D eigenvalue weighted by Gasteiger charge is 2.28. The molecule has 0 aliphatic carbocycles. The Kier molecular flexibility index (Phi) is 4.34. The number of hydrogen-bond donors (Lipinski definition) is 0. The van der Waals surface area contributed by atoms with E-state index in [0.717, 1.165) is 18.7 Å². The molecule has 3 rings (SSSR count). The largest absolute Gasteiger partial charge is 0.320 e. The number of halogens is 1. The van der Waals surface area contributed by atoms with Crippen LogP contribution in [-0.2, 0) is 13.1 Å². The van der Waals surface area contributed by atoms with Crippen molar-refractivity contribution in [1.82, 2.24) is 9.80 Å². The number of urea groups is 1. The summed E-state index contributed by atoms with van der Waals surface area (Å²) in [6, 6.07) is 16.0. The lowest BCUT2D eigenvalue weighted by Crippen LogP contribution is -2.31. The van der Waals surface area contributed by atoms with Gasteiger partial charge in [0.25, 0.3) is 0 Å². The van der Waals surface area contributed by atoms with Gasteiger partial charge in [-0.05, 0) is 29.7 Å². The van der Waals surface area contributed by atoms with E-state index in [9.17, 15) is 4.79 Å². The van der Waals surface area contributed by atoms with E-state index in [1.807, 2.05) is 46.2 Å². The van der Waals surface area contributed by atoms with Gasteiger partial charge >= 0.3 is 6.03 Å². The molecule has 1 saturated heterocycles. The molecule has 0 spiro atoms. The normalized spacial score (nSPS) is 14.7. The quantitative estimate of drug-likeness (QED) is 0.834. The van der Waals surface area contributed by atoms with Crippen molar-refractivity contribution in [3.05, 3.63) is 70.2 Å². The van der Waals surface area contributed by atoms with E-state index >= 15 is 0 Å². The van der Waals surface area contributed by atoms with Crippen molar-refractivity contribution in [3.8, 4) is 0 Å². The summed E-state index contributed by atoms with van der Waals surface area (Å²) in [6.07, 6.45) is 0. The van der Waals surface area contributed by atoms with Gasteiger partial charge in [-0.2, -0.15) is 0 Å². The number of amides is 2. The Bertz CT molecular complexity index is 629. The van der Waals surface area contributed by atoms with Gasteiger partial charge in [0.15, 0.2) is 0 Å². The molecular formula is C18H19ClN2O. The maximum atomic E-state index is 12.5. The predicted octanol–water partition coefficient (Wildman–Crippen LogP) is 4.09. The minimum atomic E-state index is 0.0863. The highest BCUT2D eigenvalue weighted by molar-refractivity contribution is 6.31. The Morgan fingerprint density at radius 3 is 2.09 bits per heavy atom. The van der Waals surface area contributed by atoms with E-state index in [0.29, 0.717) is 18.1 Å². The van der Waals surface area contributed by atoms with Gasteiger partial charge in [-0.15, -0.1) is 0 Å². The fourth-order valence-corrected chi connectivity index (χ4v) is 2.95. The van der Waals surface area contributed by atoms with Gasteiger partial charge in [-0.3, -0.25) is 0 Å². The first-order valence-corrected chi connectivity index (χ1v) is 7.85. The molecule has 0 radical (unpaired) electrons. The van der Waals surface area contributed by atoms with Crippen molar-refractivity contribution in [3.63, 3.8) is 0 Å². The van der Waals surface area contributed by atoms with Crippen LogP contribution in [0.25, 0.3) is 0 Å². The minimum absolute atomic E-state index is 0.0863. The zero-order chi connectivity index (χ0) is 15.5. The third-order valence-electron chi connectivity index (χ3n) is 4.12. The molecule has 0 aromatic heterocycles. The van der Waals surface area contributed by atoms with Crippen LogP contribution in [0.15, 0.2) is 48.5 Å². The third kappa shape index (κ3) is 3.09. The molecule has 0 bridgehead atoms. The fraction of sp³-hybridized carbons (Fsp3) is 0.278. The summed E-state index contributed by atoms with van der Waals surface area (Å²) in [5.41, 5.74) is 3.42. The third-order valence-corrected chi connectivity index (χ3v) is 4.49. The second kappa shape index (κ2) is 6.41. The van der Waals surface area contributed by atoms with Gasteiger partial charge in [0, 0.05) is 31.2 Å². The van der Waals surface area contributed by atoms with Crippen molar-refractivity contribution < 1.29 is 4.79 Å². The predicted molar refractivity (Wildman–Crippen MR) is 88.8 cm³/mol. The second-order valence-corrected chi connectivity index (χ2v) is 6.05. The van der Waals surface area contributed by atoms with Crippen LogP contribution in [0, 0.1) is 6.92 Å². The smallest absolute Gasteiger partial charge is 0.319 e. The van der Waals surface area contributed by atoms with E-state index in [2.05, 4.69) is 19.1 Å². The lowest BCUT2D eigenvalue weighted by molar-refractivity contribution is 0.189. The molecule has 0 N–H and O–H groups in total. The summed E-state index contributed by atoms with van der Waals surface area (Å²) in [5.74, 6) is 0. The number of aryl methyl sites for hydroxylation is 1. The Morgan fingerprint density at radius 2 is 1.45 bits per heavy atom. The highest BCUT2D eigenvalue weighted by atomic mass is 35.5. The molecule has 0 saturated carbocycles. The molecule has 3 nitrogen and oxygen atoms in total. The summed E-state index contributed by atoms with van der Waals surface area (Å²) < 4.78 is 0. The maximum absolute atomic E-state index is 12.5. The molecule has 4 heteroatoms. The number of benzene rings is 2. The van der Waals surface area contributed by atoms with Gasteiger partial charge in [0.2, 0.25) is 0 Å². The van der Waals surface area contributed by atoms with Crippen LogP contribution in [0.4, 0.5) is 4.79 Å². The zero-order valence-corrected chi connectivity index (χ0v) is 13.4. The Hall–Kier alpha value is -2.00. The average molecular weight is 315 g/mol. The summed E-state index contributed by atoms with van der Waals surface area (Å²) in [6.45, 7) is 4.83. The van der Waals surface area contributed by atoms with Gasteiger partial charge in [-0.1, -0.05) is 54.1 Å². The first kappa shape index (κ1) is 14.9. The molecule has 0 unspecified atom stereocenters. The summed E-state index contributed by atoms with van der Waals surface area (Å²) in [4.78, 5) is 16.3. The fourth-order valence-electron chi connectivity index (χ4n) is 2.75. The maximum Gasteiger partial charge on any atom is 0.320 e. The second-order valence-electron chi connectivity index (χ2n) is 5.64. The van der Waals surface area contributed by atoms with Crippen LogP contribution in [0.5, 0.6) is 0 Å². The molecule has 2 aromatic rings. The monoisotopic (exact) mass is 314 g/mol. The van der Waals surface area contributed by atoms with Crippen molar-refractivity contribution >= 4 is 17.6 Å². The van der Waals surface area contributed by atoms with Crippen molar-refractivity contribution in [1.29, 1.82) is 0 Å². The molecule has 22 heavy (non-hydrogen) atoms. The summed E-state index contributed by atoms with van der Waals surface area (Å²) >= 11 is 6.19. The summed E-state index contributed by atoms with van der Waals surface area (Å²) in [5, 5.41) is 0.715. The van der Waals surface area contributed by atoms with Crippen LogP contribution >= 0.6 is 11.6 Å². The van der Waals surface area contributed by atoms with Gasteiger partial charge in [0.05, 0.1) is 0 Å². The van der Waals surface area contributed by atoms with Crippen molar-refractivity contribution in [2.45, 2.75) is 20.0 Å². The van der Waals surface area contributed by atoms with Crippen LogP contribution in [0.1, 0.15) is 16.7 Å². The molecule has 114 valence electrons. The molecule has 1 aliphatic heterocycles. The molecular weight excluding hydrogens is 296 g/mol. The Morgan fingerprint density at radius 1 is 0.909 bits per heavy atom. The molecule has 0 atom stereocenters. The Balaban J connectivity index is 1.68. The van der Waals surface area contributed by atoms with Crippen molar-refractivity contribution in [2.75, 3.05) is 13.1 Å². The number of carbonyl (C=O) groups excluding carboxylic acids is 1. The number of hydrogen-bond acceptors (Lipinski definition) is 1. The molecule has 1 fully saturated rings. The molecule has 2 amide bonds. The number of nitrogens with zero attached hydrogens (tertiary/aromatic N) is 2. The first-order chi connectivity index (χ1) is 10.6. The SMILES string of the molecule is Cc1ccccc1CN1CCN(Cc2ccccc2Cl)C1=O. The van der Waals surface area contributed by atoms with Gasteiger partial charge in [-0.25, -0.2) is 4.79 Å². The standard InChI is InChI=1S/C18H19ClN2O/c1-14-6-2-3-7-15(14)12-20-10-11-21(18(20)22)13-16-8-4-5-9-17(16)19/h2-9H,10-13H2,1H3. The lowest BCUT2D eigenvalue weighted by atomic mass is 10.1. The van der Waals surface area contributed by atoms with E-state index in [1.54, 1.807) is 0 Å². The van der Waals surface area contributed by atoms with E-state index in [4.69, 9.17) is 11.6 Å². The summed E-state index contributed by atoms with van der Waals surface area (Å²) in [7, 11) is 0. The topological polar surface area (TPSA) is 23.6 Å². The average Bonchev–Trinajstić information content (AvgIpc) is 2.85. The van der Waals surface area contributed by atoms with Crippen LogP contribution in [0.2, 0.25) is 5.02 Å². The molecule has 1 heterocycles. The van der Waals surface area contributed by atoms with Crippen molar-refractivity contribution in [2.24, 2.45) is 0 Å². The number of carbonyl (C=O) groups is 1. The highest BCUT2D eigenvalue weighted by Crippen LogP contribution is 2.21. The van der Waals surface area contributed by atoms with Gasteiger partial charge in [0.1, 0.15) is 0 Å². The van der Waals surface area contributed by atoms with E-state index < -0.39 is 0 Å². The molecule has 2 aromatic carbocycles. The van der Waals surface area contributed by atoms with Crippen LogP contribution in [-0.4, -0.2) is 28.9 Å². The van der Waals surface area contributed by atoms with Gasteiger partial charge < -0.3 is 9.80 Å². The van der Waals surface area contributed by atoms with Crippen LogP contribution in [0.3, 0.4) is 0 Å². The van der Waals surface area contributed by atoms with E-state index in [1.165, 1.54) is 11.1 Å².